The molecule has 0 aliphatic carbocycles. The van der Waals surface area contributed by atoms with Crippen molar-refractivity contribution in [2.24, 2.45) is 0 Å². The molecular formula is C41H82N2O6. The van der Waals surface area contributed by atoms with Crippen molar-refractivity contribution in [3.8, 4) is 0 Å². The van der Waals surface area contributed by atoms with Crippen molar-refractivity contribution in [1.29, 1.82) is 0 Å². The first kappa shape index (κ1) is 49.5. The Morgan fingerprint density at radius 1 is 0.531 bits per heavy atom. The van der Waals surface area contributed by atoms with E-state index >= 15 is 0 Å². The fraction of sp³-hybridized carbons (Fsp3) is 0.902. The van der Waals surface area contributed by atoms with E-state index < -0.39 is 0 Å². The van der Waals surface area contributed by atoms with Gasteiger partial charge in [0.15, 0.2) is 0 Å². The molecule has 0 saturated carbocycles. The van der Waals surface area contributed by atoms with Gasteiger partial charge in [0.2, 0.25) is 0 Å². The normalized spacial score (nSPS) is 10.9. The van der Waals surface area contributed by atoms with E-state index in [0.29, 0.717) is 39.1 Å². The molecule has 0 bridgehead atoms. The Hall–Kier alpha value is -1.64. The van der Waals surface area contributed by atoms with Gasteiger partial charge < -0.3 is 24.6 Å². The van der Waals surface area contributed by atoms with E-state index in [9.17, 15) is 14.7 Å². The Balaban J connectivity index is 0. The zero-order valence-electron chi connectivity index (χ0n) is 33.0. The van der Waals surface area contributed by atoms with Gasteiger partial charge in [0.1, 0.15) is 0 Å². The average Bonchev–Trinajstić information content (AvgIpc) is 3.09. The minimum absolute atomic E-state index is 0.0984. The summed E-state index contributed by atoms with van der Waals surface area (Å²) in [4.78, 5) is 28.7. The van der Waals surface area contributed by atoms with Crippen LogP contribution in [-0.2, 0) is 19.1 Å². The number of aliphatic hydroxyl groups excluding tert-OH is 2. The number of likely N-dealkylation sites (N-methyl/N-ethyl adjacent to an activating group) is 1. The average molecular weight is 699 g/mol. The van der Waals surface area contributed by atoms with Crippen molar-refractivity contribution < 1.29 is 29.3 Å². The Morgan fingerprint density at radius 3 is 1.18 bits per heavy atom. The van der Waals surface area contributed by atoms with E-state index in [1.54, 1.807) is 0 Å². The van der Waals surface area contributed by atoms with E-state index in [2.05, 4.69) is 25.3 Å². The SMILES string of the molecule is C=C(CN(C)CCO)N(CCCOC(=O)CCCCCCCCCCCCC)CCCOC(=O)CCCCCCCCCCCCC.CO. The van der Waals surface area contributed by atoms with Crippen molar-refractivity contribution in [2.45, 2.75) is 181 Å². The van der Waals surface area contributed by atoms with Gasteiger partial charge in [0.05, 0.1) is 19.8 Å². The molecule has 0 aliphatic rings. The Kier molecular flexibility index (Phi) is 41.2. The largest absolute Gasteiger partial charge is 0.466 e. The highest BCUT2D eigenvalue weighted by molar-refractivity contribution is 5.69. The number of esters is 2. The third kappa shape index (κ3) is 37.4. The number of aliphatic hydroxyl groups is 2. The molecular weight excluding hydrogens is 616 g/mol. The van der Waals surface area contributed by atoms with Gasteiger partial charge in [-0.1, -0.05) is 149 Å². The van der Waals surface area contributed by atoms with Crippen LogP contribution in [0.25, 0.3) is 0 Å². The maximum absolute atomic E-state index is 12.2. The van der Waals surface area contributed by atoms with Crippen LogP contribution < -0.4 is 0 Å². The number of hydrogen-bond acceptors (Lipinski definition) is 8. The summed E-state index contributed by atoms with van der Waals surface area (Å²) in [6.07, 6.45) is 30.3. The summed E-state index contributed by atoms with van der Waals surface area (Å²) in [7, 11) is 2.96. The first-order chi connectivity index (χ1) is 23.9. The van der Waals surface area contributed by atoms with Gasteiger partial charge in [0, 0.05) is 51.8 Å². The van der Waals surface area contributed by atoms with Crippen LogP contribution in [0.3, 0.4) is 0 Å². The fourth-order valence-corrected chi connectivity index (χ4v) is 5.98. The van der Waals surface area contributed by atoms with Crippen LogP contribution in [0.5, 0.6) is 0 Å². The Labute approximate surface area is 303 Å². The van der Waals surface area contributed by atoms with Crippen LogP contribution in [-0.4, -0.2) is 92.1 Å². The molecule has 0 atom stereocenters. The first-order valence-electron chi connectivity index (χ1n) is 20.4. The Bertz CT molecular complexity index is 674. The van der Waals surface area contributed by atoms with E-state index in [0.717, 1.165) is 64.4 Å². The molecule has 0 radical (unpaired) electrons. The topological polar surface area (TPSA) is 99.5 Å². The molecule has 0 aromatic rings. The zero-order valence-corrected chi connectivity index (χ0v) is 33.0. The van der Waals surface area contributed by atoms with E-state index in [-0.39, 0.29) is 18.5 Å². The van der Waals surface area contributed by atoms with Crippen molar-refractivity contribution in [3.63, 3.8) is 0 Å². The summed E-state index contributed by atoms with van der Waals surface area (Å²) >= 11 is 0. The summed E-state index contributed by atoms with van der Waals surface area (Å²) in [5.41, 5.74) is 0.959. The first-order valence-corrected chi connectivity index (χ1v) is 20.4. The number of ether oxygens (including phenoxy) is 2. The van der Waals surface area contributed by atoms with E-state index in [4.69, 9.17) is 14.6 Å². The smallest absolute Gasteiger partial charge is 0.305 e. The van der Waals surface area contributed by atoms with E-state index in [1.165, 1.54) is 116 Å². The highest BCUT2D eigenvalue weighted by Crippen LogP contribution is 2.14. The second kappa shape index (κ2) is 40.8. The third-order valence-electron chi connectivity index (χ3n) is 9.02. The molecule has 0 rings (SSSR count). The molecule has 0 amide bonds. The number of hydrogen-bond donors (Lipinski definition) is 2. The van der Waals surface area contributed by atoms with Crippen LogP contribution >= 0.6 is 0 Å². The maximum Gasteiger partial charge on any atom is 0.305 e. The van der Waals surface area contributed by atoms with Crippen molar-refractivity contribution in [2.75, 3.05) is 60.2 Å². The Morgan fingerprint density at radius 2 is 0.857 bits per heavy atom. The number of carbonyl (C=O) groups excluding carboxylic acids is 2. The van der Waals surface area contributed by atoms with Gasteiger partial charge in [0.25, 0.3) is 0 Å². The minimum atomic E-state index is -0.0984. The number of carbonyl (C=O) groups is 2. The van der Waals surface area contributed by atoms with Crippen LogP contribution in [0.2, 0.25) is 0 Å². The monoisotopic (exact) mass is 699 g/mol. The van der Waals surface area contributed by atoms with E-state index in [1.807, 2.05) is 11.9 Å². The molecule has 0 heterocycles. The molecule has 0 unspecified atom stereocenters. The zero-order chi connectivity index (χ0) is 36.6. The fourth-order valence-electron chi connectivity index (χ4n) is 5.98. The second-order valence-electron chi connectivity index (χ2n) is 13.7. The molecule has 8 heteroatoms. The predicted molar refractivity (Wildman–Crippen MR) is 207 cm³/mol. The lowest BCUT2D eigenvalue weighted by Gasteiger charge is -2.29. The molecule has 292 valence electrons. The van der Waals surface area contributed by atoms with Crippen molar-refractivity contribution >= 4 is 11.9 Å². The number of rotatable bonds is 37. The predicted octanol–water partition coefficient (Wildman–Crippen LogP) is 9.60. The quantitative estimate of drug-likeness (QED) is 0.0489. The molecule has 0 aromatic carbocycles. The summed E-state index contributed by atoms with van der Waals surface area (Å²) in [5, 5.41) is 16.3. The second-order valence-corrected chi connectivity index (χ2v) is 13.7. The molecule has 49 heavy (non-hydrogen) atoms. The summed E-state index contributed by atoms with van der Waals surface area (Å²) in [6, 6.07) is 0. The van der Waals surface area contributed by atoms with Crippen LogP contribution in [0, 0.1) is 0 Å². The van der Waals surface area contributed by atoms with Gasteiger partial charge in [-0.15, -0.1) is 0 Å². The van der Waals surface area contributed by atoms with Gasteiger partial charge in [-0.2, -0.15) is 0 Å². The number of nitrogens with zero attached hydrogens (tertiary/aromatic N) is 2. The molecule has 8 nitrogen and oxygen atoms in total. The highest BCUT2D eigenvalue weighted by Gasteiger charge is 2.12. The lowest BCUT2D eigenvalue weighted by molar-refractivity contribution is -0.144. The van der Waals surface area contributed by atoms with Crippen LogP contribution in [0.1, 0.15) is 181 Å². The van der Waals surface area contributed by atoms with Gasteiger partial charge in [-0.3, -0.25) is 14.5 Å². The lowest BCUT2D eigenvalue weighted by Crippen LogP contribution is -2.34. The summed E-state index contributed by atoms with van der Waals surface area (Å²) in [5.74, 6) is -0.197. The maximum atomic E-state index is 12.2. The standard InChI is InChI=1S/C40H78N2O5.CH4O/c1-5-7-9-11-13-15-17-19-21-23-25-29-39(44)46-35-27-31-42(38(3)37-41(4)33-34-43)32-28-36-47-40(45)30-26-24-22-20-18-16-14-12-10-8-6-2;1-2/h43H,3,5-37H2,1-2,4H3;2H,1H3. The van der Waals surface area contributed by atoms with Crippen molar-refractivity contribution in [3.05, 3.63) is 12.3 Å². The van der Waals surface area contributed by atoms with Gasteiger partial charge >= 0.3 is 11.9 Å². The minimum Gasteiger partial charge on any atom is -0.466 e. The molecule has 0 fully saturated rings. The van der Waals surface area contributed by atoms with Gasteiger partial charge in [-0.05, 0) is 32.7 Å². The van der Waals surface area contributed by atoms with Gasteiger partial charge in [-0.25, -0.2) is 0 Å². The lowest BCUT2D eigenvalue weighted by atomic mass is 10.1. The van der Waals surface area contributed by atoms with Crippen molar-refractivity contribution in [1.82, 2.24) is 9.80 Å². The summed E-state index contributed by atoms with van der Waals surface area (Å²) < 4.78 is 11.0. The third-order valence-corrected chi connectivity index (χ3v) is 9.02. The molecule has 0 spiro atoms. The molecule has 0 aliphatic heterocycles. The highest BCUT2D eigenvalue weighted by atomic mass is 16.5. The molecule has 0 saturated heterocycles. The molecule has 0 aromatic heterocycles. The van der Waals surface area contributed by atoms with Crippen LogP contribution in [0.15, 0.2) is 12.3 Å². The summed E-state index contributed by atoms with van der Waals surface area (Å²) in [6.45, 7) is 12.4. The number of unbranched alkanes of at least 4 members (excludes halogenated alkanes) is 20. The van der Waals surface area contributed by atoms with Crippen LogP contribution in [0.4, 0.5) is 0 Å². The molecule has 2 N–H and O–H groups in total.